The van der Waals surface area contributed by atoms with Gasteiger partial charge in [-0.2, -0.15) is 0 Å². The highest BCUT2D eigenvalue weighted by Crippen LogP contribution is 2.27. The molecule has 1 N–H and O–H groups in total. The van der Waals surface area contributed by atoms with Crippen molar-refractivity contribution >= 4 is 17.7 Å². The molecule has 0 fully saturated rings. The van der Waals surface area contributed by atoms with Crippen LogP contribution in [0.1, 0.15) is 53.1 Å². The third kappa shape index (κ3) is 3.40. The Balaban J connectivity index is 1.85. The van der Waals surface area contributed by atoms with Gasteiger partial charge >= 0.3 is 0 Å². The SMILES string of the molecule is CC(NC(=O)C(C(C)C)N1C(=O)c2ccccc2C1=O)c1ccc(F)c(F)c1. The van der Waals surface area contributed by atoms with Crippen molar-refractivity contribution in [1.29, 1.82) is 0 Å². The number of hydrogen-bond donors (Lipinski definition) is 1. The van der Waals surface area contributed by atoms with Crippen LogP contribution in [0.4, 0.5) is 8.78 Å². The number of nitrogens with zero attached hydrogens (tertiary/aromatic N) is 1. The van der Waals surface area contributed by atoms with E-state index in [9.17, 15) is 23.2 Å². The molecule has 0 radical (unpaired) electrons. The number of benzene rings is 2. The summed E-state index contributed by atoms with van der Waals surface area (Å²) in [4.78, 5) is 39.4. The van der Waals surface area contributed by atoms with Gasteiger partial charge in [-0.3, -0.25) is 19.3 Å². The zero-order chi connectivity index (χ0) is 20.6. The Kier molecular flexibility index (Phi) is 5.27. The zero-order valence-electron chi connectivity index (χ0n) is 15.7. The Morgan fingerprint density at radius 3 is 2.00 bits per heavy atom. The molecule has 1 heterocycles. The molecule has 3 rings (SSSR count). The molecule has 146 valence electrons. The van der Waals surface area contributed by atoms with E-state index in [4.69, 9.17) is 0 Å². The number of imide groups is 1. The normalized spacial score (nSPS) is 15.6. The van der Waals surface area contributed by atoms with Crippen LogP contribution in [0, 0.1) is 17.6 Å². The molecule has 0 bridgehead atoms. The van der Waals surface area contributed by atoms with Crippen LogP contribution < -0.4 is 5.32 Å². The molecule has 5 nitrogen and oxygen atoms in total. The van der Waals surface area contributed by atoms with Crippen molar-refractivity contribution in [2.45, 2.75) is 32.9 Å². The van der Waals surface area contributed by atoms with E-state index in [1.54, 1.807) is 45.0 Å². The Labute approximate surface area is 161 Å². The highest BCUT2D eigenvalue weighted by molar-refractivity contribution is 6.22. The van der Waals surface area contributed by atoms with Gasteiger partial charge in [0.05, 0.1) is 17.2 Å². The summed E-state index contributed by atoms with van der Waals surface area (Å²) >= 11 is 0. The molecule has 1 aliphatic heterocycles. The van der Waals surface area contributed by atoms with Crippen molar-refractivity contribution in [2.24, 2.45) is 5.92 Å². The van der Waals surface area contributed by atoms with Crippen LogP contribution in [0.3, 0.4) is 0 Å². The second-order valence-electron chi connectivity index (χ2n) is 7.12. The highest BCUT2D eigenvalue weighted by atomic mass is 19.2. The summed E-state index contributed by atoms with van der Waals surface area (Å²) in [5.41, 5.74) is 0.899. The average molecular weight is 386 g/mol. The number of carbonyl (C=O) groups is 3. The number of nitrogens with one attached hydrogen (secondary N) is 1. The van der Waals surface area contributed by atoms with Crippen molar-refractivity contribution in [2.75, 3.05) is 0 Å². The summed E-state index contributed by atoms with van der Waals surface area (Å²) in [6, 6.07) is 8.11. The van der Waals surface area contributed by atoms with Gasteiger partial charge in [0.25, 0.3) is 11.8 Å². The number of amides is 3. The summed E-state index contributed by atoms with van der Waals surface area (Å²) in [6.45, 7) is 5.08. The van der Waals surface area contributed by atoms with E-state index in [-0.39, 0.29) is 17.0 Å². The lowest BCUT2D eigenvalue weighted by Crippen LogP contribution is -2.52. The summed E-state index contributed by atoms with van der Waals surface area (Å²) in [6.07, 6.45) is 0. The molecule has 0 aromatic heterocycles. The van der Waals surface area contributed by atoms with Crippen LogP contribution in [-0.4, -0.2) is 28.7 Å². The molecule has 1 aliphatic rings. The number of carbonyl (C=O) groups excluding carboxylic acids is 3. The highest BCUT2D eigenvalue weighted by Gasteiger charge is 2.44. The van der Waals surface area contributed by atoms with E-state index in [1.807, 2.05) is 0 Å². The number of fused-ring (bicyclic) bond motifs is 1. The Hall–Kier alpha value is -3.09. The Morgan fingerprint density at radius 1 is 0.929 bits per heavy atom. The second-order valence-corrected chi connectivity index (χ2v) is 7.12. The molecular formula is C21H20F2N2O3. The fourth-order valence-corrected chi connectivity index (χ4v) is 3.34. The Bertz CT molecular complexity index is 923. The second kappa shape index (κ2) is 7.50. The summed E-state index contributed by atoms with van der Waals surface area (Å²) < 4.78 is 26.6. The lowest BCUT2D eigenvalue weighted by atomic mass is 10.00. The minimum Gasteiger partial charge on any atom is -0.348 e. The lowest BCUT2D eigenvalue weighted by molar-refractivity contribution is -0.127. The maximum absolute atomic E-state index is 13.5. The maximum atomic E-state index is 13.5. The Morgan fingerprint density at radius 2 is 1.50 bits per heavy atom. The van der Waals surface area contributed by atoms with Gasteiger partial charge in [-0.15, -0.1) is 0 Å². The fourth-order valence-electron chi connectivity index (χ4n) is 3.34. The first-order valence-electron chi connectivity index (χ1n) is 8.94. The largest absolute Gasteiger partial charge is 0.348 e. The van der Waals surface area contributed by atoms with Gasteiger partial charge in [0.15, 0.2) is 11.6 Å². The minimum absolute atomic E-state index is 0.264. The van der Waals surface area contributed by atoms with Crippen LogP contribution in [0.25, 0.3) is 0 Å². The first-order chi connectivity index (χ1) is 13.2. The van der Waals surface area contributed by atoms with Gasteiger partial charge in [0.1, 0.15) is 6.04 Å². The smallest absolute Gasteiger partial charge is 0.262 e. The standard InChI is InChI=1S/C21H20F2N2O3/c1-11(2)18(25-20(27)14-6-4-5-7-15(14)21(25)28)19(26)24-12(3)13-8-9-16(22)17(23)10-13/h4-12,18H,1-3H3,(H,24,26). The molecule has 3 amide bonds. The third-order valence-corrected chi connectivity index (χ3v) is 4.81. The molecule has 28 heavy (non-hydrogen) atoms. The van der Waals surface area contributed by atoms with Crippen LogP contribution in [-0.2, 0) is 4.79 Å². The molecule has 2 atom stereocenters. The molecular weight excluding hydrogens is 366 g/mol. The van der Waals surface area contributed by atoms with E-state index < -0.39 is 41.4 Å². The van der Waals surface area contributed by atoms with Crippen LogP contribution in [0.5, 0.6) is 0 Å². The quantitative estimate of drug-likeness (QED) is 0.801. The third-order valence-electron chi connectivity index (χ3n) is 4.81. The number of halogens is 2. The molecule has 7 heteroatoms. The van der Waals surface area contributed by atoms with Gasteiger partial charge in [-0.25, -0.2) is 8.78 Å². The van der Waals surface area contributed by atoms with Crippen molar-refractivity contribution in [1.82, 2.24) is 10.2 Å². The topological polar surface area (TPSA) is 66.5 Å². The molecule has 2 aromatic rings. The van der Waals surface area contributed by atoms with Crippen molar-refractivity contribution in [3.63, 3.8) is 0 Å². The summed E-state index contributed by atoms with van der Waals surface area (Å²) in [5, 5.41) is 2.69. The van der Waals surface area contributed by atoms with E-state index in [0.717, 1.165) is 17.0 Å². The first kappa shape index (κ1) is 19.7. The fraction of sp³-hybridized carbons (Fsp3) is 0.286. The molecule has 0 aliphatic carbocycles. The van der Waals surface area contributed by atoms with Crippen molar-refractivity contribution in [3.05, 3.63) is 70.8 Å². The van der Waals surface area contributed by atoms with Crippen LogP contribution in [0.15, 0.2) is 42.5 Å². The van der Waals surface area contributed by atoms with Crippen molar-refractivity contribution in [3.8, 4) is 0 Å². The molecule has 0 spiro atoms. The summed E-state index contributed by atoms with van der Waals surface area (Å²) in [5.74, 6) is -3.92. The first-order valence-corrected chi connectivity index (χ1v) is 8.94. The molecule has 0 saturated heterocycles. The van der Waals surface area contributed by atoms with Gasteiger partial charge in [-0.05, 0) is 42.7 Å². The predicted octanol–water partition coefficient (Wildman–Crippen LogP) is 3.46. The van der Waals surface area contributed by atoms with E-state index in [2.05, 4.69) is 5.32 Å². The average Bonchev–Trinajstić information content (AvgIpc) is 2.89. The predicted molar refractivity (Wildman–Crippen MR) is 98.5 cm³/mol. The molecule has 2 unspecified atom stereocenters. The van der Waals surface area contributed by atoms with Crippen LogP contribution in [0.2, 0.25) is 0 Å². The van der Waals surface area contributed by atoms with E-state index in [1.165, 1.54) is 6.07 Å². The van der Waals surface area contributed by atoms with Gasteiger partial charge in [0, 0.05) is 0 Å². The van der Waals surface area contributed by atoms with E-state index >= 15 is 0 Å². The monoisotopic (exact) mass is 386 g/mol. The number of rotatable bonds is 5. The summed E-state index contributed by atoms with van der Waals surface area (Å²) in [7, 11) is 0. The lowest BCUT2D eigenvalue weighted by Gasteiger charge is -2.29. The van der Waals surface area contributed by atoms with Gasteiger partial charge < -0.3 is 5.32 Å². The van der Waals surface area contributed by atoms with Gasteiger partial charge in [-0.1, -0.05) is 32.0 Å². The van der Waals surface area contributed by atoms with Crippen LogP contribution >= 0.6 is 0 Å². The number of hydrogen-bond acceptors (Lipinski definition) is 3. The van der Waals surface area contributed by atoms with Gasteiger partial charge in [0.2, 0.25) is 5.91 Å². The zero-order valence-corrected chi connectivity index (χ0v) is 15.7. The van der Waals surface area contributed by atoms with E-state index in [0.29, 0.717) is 5.56 Å². The maximum Gasteiger partial charge on any atom is 0.262 e. The molecule has 2 aromatic carbocycles. The van der Waals surface area contributed by atoms with Crippen molar-refractivity contribution < 1.29 is 23.2 Å². The minimum atomic E-state index is -1.03. The molecule has 0 saturated carbocycles.